The van der Waals surface area contributed by atoms with E-state index in [-0.39, 0.29) is 30.1 Å². The molecule has 1 amide bonds. The highest BCUT2D eigenvalue weighted by atomic mass is 19.1. The van der Waals surface area contributed by atoms with Crippen LogP contribution in [-0.4, -0.2) is 43.3 Å². The Balaban J connectivity index is 1.46. The summed E-state index contributed by atoms with van der Waals surface area (Å²) in [5.74, 6) is -0.386. The number of nitrogens with zero attached hydrogens (tertiary/aromatic N) is 3. The second-order valence-corrected chi connectivity index (χ2v) is 7.70. The Morgan fingerprint density at radius 1 is 1.13 bits per heavy atom. The average Bonchev–Trinajstić information content (AvgIpc) is 3.45. The Kier molecular flexibility index (Phi) is 6.02. The highest BCUT2D eigenvalue weighted by Gasteiger charge is 2.28. The number of hydrogen-bond donors (Lipinski definition) is 0. The summed E-state index contributed by atoms with van der Waals surface area (Å²) in [4.78, 5) is 22.2. The lowest BCUT2D eigenvalue weighted by molar-refractivity contribution is 0.0387. The Bertz CT molecular complexity index is 1060. The summed E-state index contributed by atoms with van der Waals surface area (Å²) >= 11 is 0. The van der Waals surface area contributed by atoms with Gasteiger partial charge in [0.25, 0.3) is 5.91 Å². The minimum atomic E-state index is -0.341. The fourth-order valence-electron chi connectivity index (χ4n) is 3.53. The van der Waals surface area contributed by atoms with Crippen molar-refractivity contribution in [3.63, 3.8) is 0 Å². The maximum Gasteiger partial charge on any atom is 0.289 e. The zero-order valence-corrected chi connectivity index (χ0v) is 17.5. The van der Waals surface area contributed by atoms with E-state index in [1.54, 1.807) is 29.2 Å². The van der Waals surface area contributed by atoms with E-state index in [9.17, 15) is 9.18 Å². The predicted octanol–water partition coefficient (Wildman–Crippen LogP) is 4.32. The van der Waals surface area contributed by atoms with Gasteiger partial charge in [-0.3, -0.25) is 4.79 Å². The fraction of sp³-hybridized carbons (Fsp3) is 0.250. The first-order chi connectivity index (χ1) is 15.0. The lowest BCUT2D eigenvalue weighted by Gasteiger charge is -2.24. The van der Waals surface area contributed by atoms with Crippen molar-refractivity contribution in [2.45, 2.75) is 19.1 Å². The fourth-order valence-corrected chi connectivity index (χ4v) is 3.53. The molecule has 3 aromatic rings. The number of carbonyl (C=O) groups is 1. The van der Waals surface area contributed by atoms with Gasteiger partial charge in [-0.05, 0) is 47.5 Å². The molecule has 0 aliphatic carbocycles. The predicted molar refractivity (Wildman–Crippen MR) is 117 cm³/mol. The maximum atomic E-state index is 13.6. The van der Waals surface area contributed by atoms with E-state index in [2.05, 4.69) is 5.16 Å². The molecule has 1 aromatic heterocycles. The maximum absolute atomic E-state index is 13.6. The van der Waals surface area contributed by atoms with Crippen LogP contribution in [0.2, 0.25) is 0 Å². The molecule has 0 radical (unpaired) electrons. The number of oxime groups is 1. The van der Waals surface area contributed by atoms with E-state index in [1.165, 1.54) is 18.4 Å². The molecular formula is C24H24FN3O3. The van der Waals surface area contributed by atoms with Gasteiger partial charge in [0.2, 0.25) is 0 Å². The molecular weight excluding hydrogens is 397 g/mol. The zero-order chi connectivity index (χ0) is 21.8. The van der Waals surface area contributed by atoms with Crippen LogP contribution in [0, 0.1) is 5.82 Å². The molecule has 1 atom stereocenters. The molecule has 31 heavy (non-hydrogen) atoms. The smallest absolute Gasteiger partial charge is 0.289 e. The second kappa shape index (κ2) is 9.04. The third-order valence-electron chi connectivity index (χ3n) is 5.16. The molecule has 0 spiro atoms. The third kappa shape index (κ3) is 4.94. The van der Waals surface area contributed by atoms with Gasteiger partial charge in [0.1, 0.15) is 5.82 Å². The topological polar surface area (TPSA) is 58.3 Å². The van der Waals surface area contributed by atoms with Gasteiger partial charge in [0.05, 0.1) is 18.5 Å². The van der Waals surface area contributed by atoms with Gasteiger partial charge in [-0.25, -0.2) is 4.39 Å². The highest BCUT2D eigenvalue weighted by Crippen LogP contribution is 2.22. The van der Waals surface area contributed by atoms with Crippen LogP contribution in [0.5, 0.6) is 0 Å². The molecule has 160 valence electrons. The summed E-state index contributed by atoms with van der Waals surface area (Å²) in [5, 5.41) is 4.24. The molecule has 0 fully saturated rings. The van der Waals surface area contributed by atoms with E-state index in [1.807, 2.05) is 43.3 Å². The van der Waals surface area contributed by atoms with Gasteiger partial charge in [-0.1, -0.05) is 29.4 Å². The molecule has 4 rings (SSSR count). The van der Waals surface area contributed by atoms with E-state index in [4.69, 9.17) is 9.25 Å². The van der Waals surface area contributed by atoms with Gasteiger partial charge >= 0.3 is 0 Å². The summed E-state index contributed by atoms with van der Waals surface area (Å²) in [7, 11) is 3.98. The summed E-state index contributed by atoms with van der Waals surface area (Å²) in [6, 6.07) is 17.6. The van der Waals surface area contributed by atoms with Crippen LogP contribution in [0.25, 0.3) is 0 Å². The first kappa shape index (κ1) is 20.7. The molecule has 0 saturated carbocycles. The van der Waals surface area contributed by atoms with Crippen LogP contribution in [0.1, 0.15) is 28.1 Å². The molecule has 0 saturated heterocycles. The minimum Gasteiger partial charge on any atom is -0.459 e. The largest absolute Gasteiger partial charge is 0.459 e. The molecule has 0 bridgehead atoms. The monoisotopic (exact) mass is 421 g/mol. The standard InChI is InChI=1S/C24H24FN3O3/c1-27(2)20-10-8-18(9-11-20)22-14-21(31-26-22)16-28(24(29)23-7-4-12-30-23)15-17-5-3-6-19(25)13-17/h3-13,21H,14-16H2,1-2H3/t21-/m0/s1. The quantitative estimate of drug-likeness (QED) is 0.570. The average molecular weight is 421 g/mol. The normalized spacial score (nSPS) is 15.3. The van der Waals surface area contributed by atoms with Crippen molar-refractivity contribution in [3.05, 3.63) is 89.6 Å². The number of rotatable bonds is 7. The number of amides is 1. The Hall–Kier alpha value is -3.61. The number of halogens is 1. The summed E-state index contributed by atoms with van der Waals surface area (Å²) < 4.78 is 18.9. The van der Waals surface area contributed by atoms with Crippen molar-refractivity contribution in [3.8, 4) is 0 Å². The van der Waals surface area contributed by atoms with Crippen molar-refractivity contribution in [1.82, 2.24) is 4.90 Å². The zero-order valence-electron chi connectivity index (χ0n) is 17.5. The first-order valence-corrected chi connectivity index (χ1v) is 10.1. The van der Waals surface area contributed by atoms with Gasteiger partial charge < -0.3 is 19.1 Å². The molecule has 1 aliphatic rings. The second-order valence-electron chi connectivity index (χ2n) is 7.70. The van der Waals surface area contributed by atoms with E-state index in [0.29, 0.717) is 18.5 Å². The van der Waals surface area contributed by atoms with E-state index < -0.39 is 0 Å². The Labute approximate surface area is 180 Å². The van der Waals surface area contributed by atoms with Crippen molar-refractivity contribution < 1.29 is 18.4 Å². The molecule has 0 unspecified atom stereocenters. The van der Waals surface area contributed by atoms with Gasteiger partial charge in [0, 0.05) is 32.7 Å². The number of furan rings is 1. The SMILES string of the molecule is CN(C)c1ccc(C2=NO[C@H](CN(Cc3cccc(F)c3)C(=O)c3ccco3)C2)cc1. The van der Waals surface area contributed by atoms with E-state index in [0.717, 1.165) is 17.0 Å². The van der Waals surface area contributed by atoms with Crippen LogP contribution >= 0.6 is 0 Å². The lowest BCUT2D eigenvalue weighted by atomic mass is 10.0. The third-order valence-corrected chi connectivity index (χ3v) is 5.16. The lowest BCUT2D eigenvalue weighted by Crippen LogP contribution is -2.37. The Morgan fingerprint density at radius 2 is 1.94 bits per heavy atom. The number of benzene rings is 2. The first-order valence-electron chi connectivity index (χ1n) is 10.1. The van der Waals surface area contributed by atoms with Crippen LogP contribution in [0.15, 0.2) is 76.5 Å². The molecule has 6 nitrogen and oxygen atoms in total. The van der Waals surface area contributed by atoms with Crippen LogP contribution in [-0.2, 0) is 11.4 Å². The van der Waals surface area contributed by atoms with Crippen LogP contribution < -0.4 is 4.90 Å². The summed E-state index contributed by atoms with van der Waals surface area (Å²) in [6.07, 6.45) is 1.74. The van der Waals surface area contributed by atoms with Gasteiger partial charge in [-0.15, -0.1) is 0 Å². The number of anilines is 1. The molecule has 2 heterocycles. The van der Waals surface area contributed by atoms with Crippen molar-refractivity contribution in [1.29, 1.82) is 0 Å². The Morgan fingerprint density at radius 3 is 2.61 bits per heavy atom. The number of hydrogen-bond acceptors (Lipinski definition) is 5. The summed E-state index contributed by atoms with van der Waals surface area (Å²) in [5.41, 5.74) is 3.62. The minimum absolute atomic E-state index is 0.231. The molecule has 0 N–H and O–H groups in total. The molecule has 1 aliphatic heterocycles. The van der Waals surface area contributed by atoms with Crippen molar-refractivity contribution in [2.75, 3.05) is 25.5 Å². The van der Waals surface area contributed by atoms with Gasteiger partial charge in [0.15, 0.2) is 11.9 Å². The van der Waals surface area contributed by atoms with Crippen molar-refractivity contribution >= 4 is 17.3 Å². The highest BCUT2D eigenvalue weighted by molar-refractivity contribution is 6.01. The number of carbonyl (C=O) groups excluding carboxylic acids is 1. The molecule has 2 aromatic carbocycles. The van der Waals surface area contributed by atoms with Crippen LogP contribution in [0.3, 0.4) is 0 Å². The van der Waals surface area contributed by atoms with E-state index >= 15 is 0 Å². The summed E-state index contributed by atoms with van der Waals surface area (Å²) in [6.45, 7) is 0.544. The van der Waals surface area contributed by atoms with Crippen LogP contribution in [0.4, 0.5) is 10.1 Å². The van der Waals surface area contributed by atoms with Gasteiger partial charge in [-0.2, -0.15) is 0 Å². The van der Waals surface area contributed by atoms with Crippen molar-refractivity contribution in [2.24, 2.45) is 5.16 Å². The molecule has 7 heteroatoms.